The number of hydrogen-bond donors (Lipinski definition) is 2. The van der Waals surface area contributed by atoms with Crippen molar-refractivity contribution in [2.24, 2.45) is 5.84 Å². The Morgan fingerprint density at radius 2 is 1.50 bits per heavy atom. The second kappa shape index (κ2) is 10.9. The fourth-order valence-electron chi connectivity index (χ4n) is 4.54. The number of aryl methyl sites for hydroxylation is 1. The number of benzene rings is 3. The lowest BCUT2D eigenvalue weighted by molar-refractivity contribution is -0.348. The van der Waals surface area contributed by atoms with Crippen molar-refractivity contribution in [1.29, 1.82) is 0 Å². The zero-order valence-corrected chi connectivity index (χ0v) is 23.5. The molecule has 224 valence electrons. The van der Waals surface area contributed by atoms with Gasteiger partial charge in [-0.05, 0) is 61.2 Å². The molecule has 1 aliphatic carbocycles. The van der Waals surface area contributed by atoms with Gasteiger partial charge in [-0.15, -0.1) is 0 Å². The van der Waals surface area contributed by atoms with Gasteiger partial charge in [0.15, 0.2) is 0 Å². The molecule has 0 bridgehead atoms. The fourth-order valence-corrected chi connectivity index (χ4v) is 5.39. The first-order valence-corrected chi connectivity index (χ1v) is 13.1. The van der Waals surface area contributed by atoms with E-state index in [9.17, 15) is 40.3 Å². The average molecular weight is 657 g/mol. The summed E-state index contributed by atoms with van der Waals surface area (Å²) in [6.45, 7) is 1.04. The van der Waals surface area contributed by atoms with Crippen LogP contribution in [0, 0.1) is 6.92 Å². The number of nitrogens with two attached hydrogens (primary N) is 1. The van der Waals surface area contributed by atoms with E-state index in [0.29, 0.717) is 45.6 Å². The quantitative estimate of drug-likeness (QED) is 0.122. The number of amides is 2. The molecule has 15 heteroatoms. The van der Waals surface area contributed by atoms with Crippen LogP contribution in [-0.4, -0.2) is 24.2 Å². The molecule has 0 aromatic heterocycles. The van der Waals surface area contributed by atoms with E-state index in [1.54, 1.807) is 12.1 Å². The van der Waals surface area contributed by atoms with Crippen molar-refractivity contribution < 1.29 is 40.3 Å². The normalized spacial score (nSPS) is 14.9. The Morgan fingerprint density at radius 3 is 2.02 bits per heavy atom. The van der Waals surface area contributed by atoms with E-state index >= 15 is 0 Å². The van der Waals surface area contributed by atoms with Gasteiger partial charge in [-0.2, -0.15) is 26.3 Å². The number of halogens is 10. The van der Waals surface area contributed by atoms with Gasteiger partial charge in [0.2, 0.25) is 0 Å². The molecule has 0 saturated heterocycles. The first-order chi connectivity index (χ1) is 19.3. The van der Waals surface area contributed by atoms with E-state index < -0.39 is 40.9 Å². The first kappa shape index (κ1) is 31.9. The lowest BCUT2D eigenvalue weighted by Gasteiger charge is -2.31. The van der Waals surface area contributed by atoms with Crippen LogP contribution in [0.3, 0.4) is 0 Å². The van der Waals surface area contributed by atoms with E-state index in [4.69, 9.17) is 40.6 Å². The van der Waals surface area contributed by atoms with Crippen molar-refractivity contribution in [2.75, 3.05) is 5.01 Å². The highest BCUT2D eigenvalue weighted by Crippen LogP contribution is 2.53. The Bertz CT molecular complexity index is 1560. The van der Waals surface area contributed by atoms with Crippen LogP contribution < -0.4 is 16.2 Å². The lowest BCUT2D eigenvalue weighted by atomic mass is 9.92. The number of nitrogens with one attached hydrogen (secondary N) is 1. The number of rotatable bonds is 6. The Morgan fingerprint density at radius 1 is 0.881 bits per heavy atom. The SMILES string of the molecule is Cc1cc(C(F)(C(F)(F)F)C(F)(F)F)ccc1N(N)C(=O)c1cccc(Cl)c1C(=O)NC1(c2ccc(Cl)cc2Cl)CC1. The van der Waals surface area contributed by atoms with Gasteiger partial charge in [0.25, 0.3) is 11.8 Å². The maximum atomic E-state index is 14.5. The third-order valence-electron chi connectivity index (χ3n) is 6.87. The lowest BCUT2D eigenvalue weighted by Crippen LogP contribution is -2.50. The van der Waals surface area contributed by atoms with Gasteiger partial charge in [0.05, 0.1) is 27.4 Å². The largest absolute Gasteiger partial charge is 0.435 e. The molecule has 3 aromatic carbocycles. The van der Waals surface area contributed by atoms with Gasteiger partial charge in [-0.25, -0.2) is 15.2 Å². The molecule has 0 unspecified atom stereocenters. The van der Waals surface area contributed by atoms with E-state index in [1.807, 2.05) is 0 Å². The molecule has 1 aliphatic rings. The van der Waals surface area contributed by atoms with Gasteiger partial charge in [-0.1, -0.05) is 59.1 Å². The molecular weight excluding hydrogens is 638 g/mol. The average Bonchev–Trinajstić information content (AvgIpc) is 3.65. The number of hydrogen-bond acceptors (Lipinski definition) is 3. The summed E-state index contributed by atoms with van der Waals surface area (Å²) in [6, 6.07) is 9.79. The Kier molecular flexibility index (Phi) is 8.26. The summed E-state index contributed by atoms with van der Waals surface area (Å²) in [5, 5.41) is 3.77. The monoisotopic (exact) mass is 655 g/mol. The van der Waals surface area contributed by atoms with Gasteiger partial charge in [0.1, 0.15) is 0 Å². The molecule has 0 heterocycles. The number of hydrazine groups is 1. The Hall–Kier alpha value is -3.06. The third kappa shape index (κ3) is 5.52. The first-order valence-electron chi connectivity index (χ1n) is 11.9. The van der Waals surface area contributed by atoms with Crippen LogP contribution in [-0.2, 0) is 11.2 Å². The number of carbonyl (C=O) groups is 2. The van der Waals surface area contributed by atoms with Gasteiger partial charge >= 0.3 is 18.0 Å². The van der Waals surface area contributed by atoms with Gasteiger partial charge in [0, 0.05) is 15.6 Å². The minimum Gasteiger partial charge on any atom is -0.342 e. The van der Waals surface area contributed by atoms with Crippen LogP contribution in [0.2, 0.25) is 15.1 Å². The molecule has 0 radical (unpaired) electrons. The summed E-state index contributed by atoms with van der Waals surface area (Å²) in [4.78, 5) is 26.8. The summed E-state index contributed by atoms with van der Waals surface area (Å²) in [5.74, 6) is 4.08. The van der Waals surface area contributed by atoms with Gasteiger partial charge in [-0.3, -0.25) is 9.59 Å². The maximum Gasteiger partial charge on any atom is 0.435 e. The van der Waals surface area contributed by atoms with Crippen LogP contribution in [0.15, 0.2) is 54.6 Å². The minimum absolute atomic E-state index is 0.144. The van der Waals surface area contributed by atoms with Crippen molar-refractivity contribution in [3.05, 3.63) is 97.5 Å². The van der Waals surface area contributed by atoms with Crippen molar-refractivity contribution in [3.8, 4) is 0 Å². The molecule has 2 amide bonds. The molecule has 0 atom stereocenters. The third-order valence-corrected chi connectivity index (χ3v) is 7.74. The predicted molar refractivity (Wildman–Crippen MR) is 143 cm³/mol. The summed E-state index contributed by atoms with van der Waals surface area (Å²) in [6.07, 6.45) is -11.6. The van der Waals surface area contributed by atoms with Crippen LogP contribution in [0.25, 0.3) is 0 Å². The summed E-state index contributed by atoms with van der Waals surface area (Å²) in [7, 11) is 0. The molecular formula is C27H19Cl3F7N3O2. The van der Waals surface area contributed by atoms with Crippen LogP contribution in [0.5, 0.6) is 0 Å². The molecule has 4 rings (SSSR count). The molecule has 3 aromatic rings. The van der Waals surface area contributed by atoms with E-state index in [2.05, 4.69) is 5.32 Å². The molecule has 1 saturated carbocycles. The van der Waals surface area contributed by atoms with E-state index in [-0.39, 0.29) is 33.5 Å². The van der Waals surface area contributed by atoms with Gasteiger partial charge < -0.3 is 5.32 Å². The minimum atomic E-state index is -6.32. The number of alkyl halides is 7. The molecule has 0 spiro atoms. The second-order valence-corrected chi connectivity index (χ2v) is 10.9. The highest BCUT2D eigenvalue weighted by molar-refractivity contribution is 6.36. The van der Waals surface area contributed by atoms with Crippen molar-refractivity contribution >= 4 is 52.3 Å². The summed E-state index contributed by atoms with van der Waals surface area (Å²) in [5.41, 5.74) is -9.06. The standard InChI is InChI=1S/C27H19Cl3F7N3O2/c1-13-11-14(25(31,26(32,33)34)27(35,36)37)5-8-20(13)40(38)23(42)16-3-2-4-18(29)21(16)22(41)39-24(9-10-24)17-7-6-15(28)12-19(17)30/h2-8,11-12H,9-10,38H2,1H3,(H,39,41). The van der Waals surface area contributed by atoms with Crippen molar-refractivity contribution in [2.45, 2.75) is 43.3 Å². The highest BCUT2D eigenvalue weighted by atomic mass is 35.5. The maximum absolute atomic E-state index is 14.5. The number of nitrogens with zero attached hydrogens (tertiary/aromatic N) is 1. The smallest absolute Gasteiger partial charge is 0.342 e. The summed E-state index contributed by atoms with van der Waals surface area (Å²) < 4.78 is 93.8. The molecule has 42 heavy (non-hydrogen) atoms. The zero-order chi connectivity index (χ0) is 31.4. The fraction of sp³-hybridized carbons (Fsp3) is 0.259. The van der Waals surface area contributed by atoms with Crippen molar-refractivity contribution in [1.82, 2.24) is 5.32 Å². The van der Waals surface area contributed by atoms with Crippen LogP contribution in [0.1, 0.15) is 50.2 Å². The molecule has 1 fully saturated rings. The van der Waals surface area contributed by atoms with Crippen LogP contribution >= 0.6 is 34.8 Å². The topological polar surface area (TPSA) is 75.4 Å². The summed E-state index contributed by atoms with van der Waals surface area (Å²) >= 11 is 18.6. The number of anilines is 1. The second-order valence-electron chi connectivity index (χ2n) is 9.65. The zero-order valence-electron chi connectivity index (χ0n) is 21.2. The molecule has 3 N–H and O–H groups in total. The molecule has 5 nitrogen and oxygen atoms in total. The van der Waals surface area contributed by atoms with Crippen LogP contribution in [0.4, 0.5) is 36.4 Å². The van der Waals surface area contributed by atoms with E-state index in [0.717, 1.165) is 6.92 Å². The Labute approximate surface area is 249 Å². The van der Waals surface area contributed by atoms with Crippen molar-refractivity contribution in [3.63, 3.8) is 0 Å². The number of carbonyl (C=O) groups excluding carboxylic acids is 2. The van der Waals surface area contributed by atoms with E-state index in [1.165, 1.54) is 24.3 Å². The Balaban J connectivity index is 1.67. The predicted octanol–water partition coefficient (Wildman–Crippen LogP) is 8.18. The molecule has 0 aliphatic heterocycles. The highest BCUT2D eigenvalue weighted by Gasteiger charge is 2.73.